The van der Waals surface area contributed by atoms with Crippen LogP contribution < -0.4 is 11.3 Å². The van der Waals surface area contributed by atoms with Crippen molar-refractivity contribution in [2.75, 3.05) is 12.1 Å². The molecule has 2 aromatic rings. The molecule has 0 radical (unpaired) electrons. The van der Waals surface area contributed by atoms with E-state index in [0.717, 1.165) is 0 Å². The summed E-state index contributed by atoms with van der Waals surface area (Å²) in [5, 5.41) is 0. The van der Waals surface area contributed by atoms with Gasteiger partial charge in [0.2, 0.25) is 5.95 Å². The Balaban J connectivity index is 1.87. The van der Waals surface area contributed by atoms with Crippen molar-refractivity contribution in [3.05, 3.63) is 28.6 Å². The van der Waals surface area contributed by atoms with Gasteiger partial charge in [0, 0.05) is 6.42 Å². The number of hydrogen-bond donors (Lipinski definition) is 4. The number of nitrogens with two attached hydrogens (primary N) is 1. The van der Waals surface area contributed by atoms with Crippen LogP contribution in [0.3, 0.4) is 0 Å². The number of hydrogen-bond acceptors (Lipinski definition) is 6. The lowest BCUT2D eigenvalue weighted by Gasteiger charge is -2.15. The van der Waals surface area contributed by atoms with E-state index in [1.807, 2.05) is 0 Å². The summed E-state index contributed by atoms with van der Waals surface area (Å²) in [5.41, 5.74) is 5.24. The van der Waals surface area contributed by atoms with Gasteiger partial charge in [-0.05, 0) is 6.08 Å². The van der Waals surface area contributed by atoms with E-state index >= 15 is 0 Å². The van der Waals surface area contributed by atoms with Gasteiger partial charge in [-0.25, -0.2) is 9.37 Å². The number of allylic oxidation sites excluding steroid dienone is 1. The molecule has 2 aromatic heterocycles. The molecule has 2 atom stereocenters. The lowest BCUT2D eigenvalue weighted by atomic mass is 10.2. The summed E-state index contributed by atoms with van der Waals surface area (Å²) in [6, 6.07) is -0.560. The molecule has 0 spiro atoms. The monoisotopic (exact) mass is 345 g/mol. The van der Waals surface area contributed by atoms with E-state index < -0.39 is 37.5 Å². The van der Waals surface area contributed by atoms with E-state index in [1.54, 1.807) is 0 Å². The Labute approximate surface area is 128 Å². The summed E-state index contributed by atoms with van der Waals surface area (Å²) < 4.78 is 31.1. The van der Waals surface area contributed by atoms with Crippen LogP contribution in [-0.4, -0.2) is 41.8 Å². The van der Waals surface area contributed by atoms with Crippen LogP contribution in [-0.2, 0) is 9.30 Å². The van der Waals surface area contributed by atoms with Gasteiger partial charge in [0.25, 0.3) is 5.56 Å². The van der Waals surface area contributed by atoms with Crippen molar-refractivity contribution in [3.63, 3.8) is 0 Å². The zero-order valence-electron chi connectivity index (χ0n) is 11.6. The van der Waals surface area contributed by atoms with Crippen molar-refractivity contribution in [2.45, 2.75) is 18.6 Å². The Bertz CT molecular complexity index is 887. The first-order valence-corrected chi connectivity index (χ1v) is 8.30. The van der Waals surface area contributed by atoms with Crippen LogP contribution in [0.25, 0.3) is 11.2 Å². The number of rotatable bonds is 4. The zero-order chi connectivity index (χ0) is 16.8. The number of nitrogen functional groups attached to an aromatic ring is 1. The molecule has 0 fully saturated rings. The fraction of sp³-hybridized carbons (Fsp3) is 0.364. The second-order valence-corrected chi connectivity index (χ2v) is 6.67. The van der Waals surface area contributed by atoms with Crippen LogP contribution in [0.2, 0.25) is 0 Å². The molecule has 124 valence electrons. The molecule has 3 rings (SSSR count). The predicted molar refractivity (Wildman–Crippen MR) is 77.2 cm³/mol. The van der Waals surface area contributed by atoms with Crippen LogP contribution in [0.1, 0.15) is 12.5 Å². The smallest absolute Gasteiger partial charge is 0.351 e. The van der Waals surface area contributed by atoms with Crippen molar-refractivity contribution >= 4 is 24.7 Å². The third-order valence-corrected chi connectivity index (χ3v) is 3.85. The molecule has 1 aliphatic rings. The number of H-pyrrole nitrogens is 1. The van der Waals surface area contributed by atoms with Crippen molar-refractivity contribution in [1.29, 1.82) is 0 Å². The van der Waals surface area contributed by atoms with Gasteiger partial charge in [-0.3, -0.25) is 14.3 Å². The van der Waals surface area contributed by atoms with Crippen LogP contribution in [0.4, 0.5) is 10.3 Å². The maximum Gasteiger partial charge on any atom is 0.351 e. The number of ether oxygens (including phenoxy) is 1. The largest absolute Gasteiger partial charge is 0.369 e. The van der Waals surface area contributed by atoms with Gasteiger partial charge < -0.3 is 24.8 Å². The van der Waals surface area contributed by atoms with Crippen molar-refractivity contribution in [2.24, 2.45) is 0 Å². The van der Waals surface area contributed by atoms with E-state index in [9.17, 15) is 13.8 Å². The van der Waals surface area contributed by atoms with Crippen molar-refractivity contribution in [3.8, 4) is 0 Å². The summed E-state index contributed by atoms with van der Waals surface area (Å²) in [6.07, 6.45) is 0.688. The highest BCUT2D eigenvalue weighted by atomic mass is 31.2. The first kappa shape index (κ1) is 15.8. The average molecular weight is 345 g/mol. The Hall–Kier alpha value is -2.07. The quantitative estimate of drug-likeness (QED) is 0.565. The molecule has 5 N–H and O–H groups in total. The molecule has 23 heavy (non-hydrogen) atoms. The number of anilines is 1. The molecule has 0 saturated heterocycles. The molecule has 0 saturated carbocycles. The third kappa shape index (κ3) is 3.17. The Morgan fingerprint density at radius 1 is 1.57 bits per heavy atom. The van der Waals surface area contributed by atoms with E-state index in [0.29, 0.717) is 0 Å². The van der Waals surface area contributed by atoms with Gasteiger partial charge in [-0.1, -0.05) is 0 Å². The van der Waals surface area contributed by atoms with E-state index in [1.165, 1.54) is 17.0 Å². The first-order valence-electron chi connectivity index (χ1n) is 6.50. The second-order valence-electron chi connectivity index (χ2n) is 5.08. The fourth-order valence-corrected chi connectivity index (χ4v) is 2.78. The minimum Gasteiger partial charge on any atom is -0.369 e. The molecule has 0 aromatic carbocycles. The fourth-order valence-electron chi connectivity index (χ4n) is 2.41. The van der Waals surface area contributed by atoms with Crippen LogP contribution in [0.15, 0.2) is 23.0 Å². The van der Waals surface area contributed by atoms with Crippen molar-refractivity contribution < 1.29 is 23.5 Å². The van der Waals surface area contributed by atoms with Crippen LogP contribution >= 0.6 is 7.60 Å². The Morgan fingerprint density at radius 2 is 2.30 bits per heavy atom. The Morgan fingerprint density at radius 3 is 3.00 bits per heavy atom. The van der Waals surface area contributed by atoms with Gasteiger partial charge in [-0.2, -0.15) is 4.98 Å². The second kappa shape index (κ2) is 5.53. The lowest BCUT2D eigenvalue weighted by Crippen LogP contribution is -2.15. The first-order chi connectivity index (χ1) is 10.7. The summed E-state index contributed by atoms with van der Waals surface area (Å²) in [4.78, 5) is 39.5. The number of aromatic nitrogens is 4. The van der Waals surface area contributed by atoms with Gasteiger partial charge in [-0.15, -0.1) is 0 Å². The van der Waals surface area contributed by atoms with Crippen molar-refractivity contribution in [1.82, 2.24) is 19.5 Å². The van der Waals surface area contributed by atoms with E-state index in [-0.39, 0.29) is 23.5 Å². The predicted octanol–water partition coefficient (Wildman–Crippen LogP) is 0.0204. The summed E-state index contributed by atoms with van der Waals surface area (Å²) in [7, 11) is -4.39. The third-order valence-electron chi connectivity index (χ3n) is 3.37. The van der Waals surface area contributed by atoms with Crippen LogP contribution in [0.5, 0.6) is 0 Å². The molecular weight excluding hydrogens is 332 g/mol. The van der Waals surface area contributed by atoms with E-state index in [2.05, 4.69) is 15.0 Å². The molecule has 0 aliphatic heterocycles. The molecular formula is C11H13FN5O5P. The summed E-state index contributed by atoms with van der Waals surface area (Å²) in [5.74, 6) is -0.746. The number of aromatic amines is 1. The molecule has 1 aliphatic carbocycles. The van der Waals surface area contributed by atoms with Gasteiger partial charge >= 0.3 is 7.60 Å². The zero-order valence-corrected chi connectivity index (χ0v) is 12.5. The van der Waals surface area contributed by atoms with Gasteiger partial charge in [0.15, 0.2) is 11.2 Å². The molecule has 0 bridgehead atoms. The number of nitrogens with zero attached hydrogens (tertiary/aromatic N) is 3. The number of imidazole rings is 1. The lowest BCUT2D eigenvalue weighted by molar-refractivity contribution is 0.0816. The minimum atomic E-state index is -4.39. The summed E-state index contributed by atoms with van der Waals surface area (Å²) >= 11 is 0. The normalized spacial score (nSPS) is 21.8. The molecule has 10 nitrogen and oxygen atoms in total. The SMILES string of the molecule is Nc1nc2c(ncn2[C@@H]2C=C(F)[C@H](OCP(=O)(O)O)C2)c(=O)[nH]1. The maximum atomic E-state index is 13.9. The topological polar surface area (TPSA) is 156 Å². The molecule has 0 unspecified atom stereocenters. The molecule has 2 heterocycles. The maximum absolute atomic E-state index is 13.9. The average Bonchev–Trinajstić information content (AvgIpc) is 2.99. The minimum absolute atomic E-state index is 0.0626. The van der Waals surface area contributed by atoms with E-state index in [4.69, 9.17) is 20.3 Å². The Kier molecular flexibility index (Phi) is 3.80. The van der Waals surface area contributed by atoms with Gasteiger partial charge in [0.05, 0.1) is 12.4 Å². The number of halogens is 1. The highest BCUT2D eigenvalue weighted by Crippen LogP contribution is 2.38. The van der Waals surface area contributed by atoms with Gasteiger partial charge in [0.1, 0.15) is 18.3 Å². The number of nitrogens with one attached hydrogen (secondary N) is 1. The molecule has 0 amide bonds. The molecule has 12 heteroatoms. The number of fused-ring (bicyclic) bond motifs is 1. The highest BCUT2D eigenvalue weighted by Gasteiger charge is 2.31. The highest BCUT2D eigenvalue weighted by molar-refractivity contribution is 7.51. The van der Waals surface area contributed by atoms with Crippen LogP contribution in [0, 0.1) is 0 Å². The summed E-state index contributed by atoms with van der Waals surface area (Å²) in [6.45, 7) is 0. The standard InChI is InChI=1S/C11H13FN5O5P/c12-6-1-5(2-7(6)22-4-23(19,20)21)17-3-14-8-9(17)15-11(13)16-10(8)18/h1,3,5,7H,2,4H2,(H2,19,20,21)(H3,13,15,16,18)/t5-,7-/m1/s1.